The summed E-state index contributed by atoms with van der Waals surface area (Å²) in [6.45, 7) is 4.86. The fraction of sp³-hybridized carbons (Fsp3) is 0.333. The molecular weight excluding hydrogens is 358 g/mol. The van der Waals surface area contributed by atoms with Gasteiger partial charge in [-0.3, -0.25) is 4.79 Å². The van der Waals surface area contributed by atoms with Gasteiger partial charge in [0.25, 0.3) is 0 Å². The van der Waals surface area contributed by atoms with Gasteiger partial charge in [-0.1, -0.05) is 6.07 Å². The van der Waals surface area contributed by atoms with Gasteiger partial charge in [0.15, 0.2) is 5.11 Å². The van der Waals surface area contributed by atoms with Crippen LogP contribution in [0.2, 0.25) is 0 Å². The van der Waals surface area contributed by atoms with Gasteiger partial charge < -0.3 is 20.3 Å². The Morgan fingerprint density at radius 3 is 2.41 bits per heavy atom. The normalized spacial score (nSPS) is 14.0. The predicted octanol–water partition coefficient (Wildman–Crippen LogP) is 4.64. The lowest BCUT2D eigenvalue weighted by atomic mass is 10.1. The number of nitrogens with zero attached hydrogens (tertiary/aromatic N) is 1. The van der Waals surface area contributed by atoms with Crippen molar-refractivity contribution in [3.8, 4) is 5.75 Å². The molecule has 27 heavy (non-hydrogen) atoms. The van der Waals surface area contributed by atoms with Crippen LogP contribution in [0.4, 0.5) is 17.1 Å². The monoisotopic (exact) mass is 383 g/mol. The maximum Gasteiger partial charge on any atom is 0.227 e. The number of carbonyl (C=O) groups excluding carboxylic acids is 1. The highest BCUT2D eigenvalue weighted by Crippen LogP contribution is 2.33. The second kappa shape index (κ2) is 8.39. The molecule has 1 aliphatic heterocycles. The number of hydrogen-bond acceptors (Lipinski definition) is 3. The van der Waals surface area contributed by atoms with E-state index in [-0.39, 0.29) is 5.91 Å². The molecule has 1 fully saturated rings. The summed E-state index contributed by atoms with van der Waals surface area (Å²) in [7, 11) is 1.62. The van der Waals surface area contributed by atoms with Gasteiger partial charge in [-0.05, 0) is 80.4 Å². The maximum atomic E-state index is 12.3. The van der Waals surface area contributed by atoms with E-state index >= 15 is 0 Å². The van der Waals surface area contributed by atoms with Crippen molar-refractivity contribution in [1.29, 1.82) is 0 Å². The number of anilines is 3. The number of benzene rings is 2. The van der Waals surface area contributed by atoms with E-state index in [1.807, 2.05) is 24.3 Å². The molecule has 2 aromatic carbocycles. The lowest BCUT2D eigenvalue weighted by Gasteiger charge is -2.28. The molecular formula is C21H25N3O2S. The predicted molar refractivity (Wildman–Crippen MR) is 115 cm³/mol. The van der Waals surface area contributed by atoms with Crippen molar-refractivity contribution in [2.45, 2.75) is 33.1 Å². The third-order valence-electron chi connectivity index (χ3n) is 4.82. The molecule has 142 valence electrons. The molecule has 6 heteroatoms. The third-order valence-corrected chi connectivity index (χ3v) is 5.02. The molecule has 1 heterocycles. The maximum absolute atomic E-state index is 12.3. The zero-order chi connectivity index (χ0) is 19.4. The summed E-state index contributed by atoms with van der Waals surface area (Å²) in [6.07, 6.45) is 2.52. The van der Waals surface area contributed by atoms with Gasteiger partial charge in [-0.25, -0.2) is 0 Å². The molecule has 3 rings (SSSR count). The molecule has 0 aromatic heterocycles. The van der Waals surface area contributed by atoms with E-state index in [2.05, 4.69) is 36.6 Å². The minimum Gasteiger partial charge on any atom is -0.495 e. The molecule has 1 amide bonds. The van der Waals surface area contributed by atoms with Crippen molar-refractivity contribution < 1.29 is 9.53 Å². The molecule has 0 bridgehead atoms. The van der Waals surface area contributed by atoms with Gasteiger partial charge in [0.1, 0.15) is 5.75 Å². The number of piperidine rings is 1. The molecule has 5 nitrogen and oxygen atoms in total. The van der Waals surface area contributed by atoms with Gasteiger partial charge in [0.05, 0.1) is 12.8 Å². The number of amides is 1. The third kappa shape index (κ3) is 4.57. The van der Waals surface area contributed by atoms with Crippen molar-refractivity contribution >= 4 is 40.3 Å². The number of carbonyl (C=O) groups is 1. The van der Waals surface area contributed by atoms with Crippen LogP contribution in [-0.4, -0.2) is 24.7 Å². The average molecular weight is 384 g/mol. The summed E-state index contributed by atoms with van der Waals surface area (Å²) >= 11 is 5.44. The number of aryl methyl sites for hydroxylation is 2. The highest BCUT2D eigenvalue weighted by Gasteiger charge is 2.23. The van der Waals surface area contributed by atoms with E-state index < -0.39 is 0 Å². The number of hydrogen-bond donors (Lipinski definition) is 2. The molecule has 2 aromatic rings. The van der Waals surface area contributed by atoms with E-state index in [1.54, 1.807) is 12.0 Å². The number of nitrogens with one attached hydrogen (secondary N) is 2. The summed E-state index contributed by atoms with van der Waals surface area (Å²) in [4.78, 5) is 14.1. The number of rotatable bonds is 4. The lowest BCUT2D eigenvalue weighted by molar-refractivity contribution is -0.119. The minimum absolute atomic E-state index is 0.132. The van der Waals surface area contributed by atoms with Crippen LogP contribution >= 0.6 is 12.2 Å². The second-order valence-electron chi connectivity index (χ2n) is 6.77. The minimum atomic E-state index is 0.132. The van der Waals surface area contributed by atoms with Crippen molar-refractivity contribution in [2.75, 3.05) is 29.2 Å². The van der Waals surface area contributed by atoms with Crippen LogP contribution < -0.4 is 20.3 Å². The molecule has 0 spiro atoms. The standard InChI is InChI=1S/C21H25N3O2S/c1-14-7-8-16(12-15(14)2)22-21(27)23-17-9-10-19(26-3)18(13-17)24-11-5-4-6-20(24)25/h7-10,12-13H,4-6,11H2,1-3H3,(H2,22,23,27). The van der Waals surface area contributed by atoms with Gasteiger partial charge in [0, 0.05) is 24.3 Å². The number of thiocarbonyl (C=S) groups is 1. The first-order valence-corrected chi connectivity index (χ1v) is 9.52. The lowest BCUT2D eigenvalue weighted by Crippen LogP contribution is -2.35. The van der Waals surface area contributed by atoms with Gasteiger partial charge in [0.2, 0.25) is 5.91 Å². The second-order valence-corrected chi connectivity index (χ2v) is 7.18. The van der Waals surface area contributed by atoms with Crippen LogP contribution in [0.1, 0.15) is 30.4 Å². The Balaban J connectivity index is 1.76. The van der Waals surface area contributed by atoms with Crippen molar-refractivity contribution in [3.63, 3.8) is 0 Å². The van der Waals surface area contributed by atoms with Gasteiger partial charge in [-0.2, -0.15) is 0 Å². The van der Waals surface area contributed by atoms with E-state index in [1.165, 1.54) is 11.1 Å². The zero-order valence-electron chi connectivity index (χ0n) is 16.0. The highest BCUT2D eigenvalue weighted by atomic mass is 32.1. The highest BCUT2D eigenvalue weighted by molar-refractivity contribution is 7.80. The first-order chi connectivity index (χ1) is 13.0. The van der Waals surface area contributed by atoms with E-state index in [4.69, 9.17) is 17.0 Å². The van der Waals surface area contributed by atoms with Gasteiger partial charge in [-0.15, -0.1) is 0 Å². The molecule has 0 atom stereocenters. The van der Waals surface area contributed by atoms with Crippen molar-refractivity contribution in [1.82, 2.24) is 0 Å². The summed E-state index contributed by atoms with van der Waals surface area (Å²) in [5.74, 6) is 0.816. The van der Waals surface area contributed by atoms with Crippen LogP contribution in [0, 0.1) is 13.8 Å². The zero-order valence-corrected chi connectivity index (χ0v) is 16.8. The fourth-order valence-electron chi connectivity index (χ4n) is 3.15. The summed E-state index contributed by atoms with van der Waals surface area (Å²) in [5, 5.41) is 6.90. The van der Waals surface area contributed by atoms with E-state index in [9.17, 15) is 4.79 Å². The Morgan fingerprint density at radius 2 is 1.74 bits per heavy atom. The Hall–Kier alpha value is -2.60. The topological polar surface area (TPSA) is 53.6 Å². The SMILES string of the molecule is COc1ccc(NC(=S)Nc2ccc(C)c(C)c2)cc1N1CCCCC1=O. The van der Waals surface area contributed by atoms with Crippen LogP contribution in [0.25, 0.3) is 0 Å². The Bertz CT molecular complexity index is 867. The fourth-order valence-corrected chi connectivity index (χ4v) is 3.39. The Morgan fingerprint density at radius 1 is 1.04 bits per heavy atom. The molecule has 0 aliphatic carbocycles. The van der Waals surface area contributed by atoms with Crippen molar-refractivity contribution in [3.05, 3.63) is 47.5 Å². The quantitative estimate of drug-likeness (QED) is 0.754. The number of methoxy groups -OCH3 is 1. The van der Waals surface area contributed by atoms with Crippen LogP contribution in [-0.2, 0) is 4.79 Å². The molecule has 1 aliphatic rings. The van der Waals surface area contributed by atoms with Gasteiger partial charge >= 0.3 is 0 Å². The van der Waals surface area contributed by atoms with Crippen LogP contribution in [0.15, 0.2) is 36.4 Å². The summed E-state index contributed by atoms with van der Waals surface area (Å²) < 4.78 is 5.46. The number of ether oxygens (including phenoxy) is 1. The van der Waals surface area contributed by atoms with Crippen LogP contribution in [0.3, 0.4) is 0 Å². The Kier molecular flexibility index (Phi) is 5.96. The molecule has 0 radical (unpaired) electrons. The Labute approximate surface area is 165 Å². The average Bonchev–Trinajstić information content (AvgIpc) is 2.65. The molecule has 0 saturated carbocycles. The molecule has 2 N–H and O–H groups in total. The molecule has 1 saturated heterocycles. The smallest absolute Gasteiger partial charge is 0.227 e. The molecule has 0 unspecified atom stereocenters. The summed E-state index contributed by atoms with van der Waals surface area (Å²) in [6, 6.07) is 11.8. The first kappa shape index (κ1) is 19.2. The summed E-state index contributed by atoms with van der Waals surface area (Å²) in [5.41, 5.74) is 4.98. The van der Waals surface area contributed by atoms with E-state index in [0.29, 0.717) is 23.8 Å². The largest absolute Gasteiger partial charge is 0.495 e. The first-order valence-electron chi connectivity index (χ1n) is 9.11. The van der Waals surface area contributed by atoms with E-state index in [0.717, 1.165) is 29.9 Å². The van der Waals surface area contributed by atoms with Crippen LogP contribution in [0.5, 0.6) is 5.75 Å². The van der Waals surface area contributed by atoms with Crippen molar-refractivity contribution in [2.24, 2.45) is 0 Å².